The van der Waals surface area contributed by atoms with Gasteiger partial charge in [-0.25, -0.2) is 13.4 Å². The molecule has 34 heavy (non-hydrogen) atoms. The highest BCUT2D eigenvalue weighted by molar-refractivity contribution is 7.90. The number of hydrogen-bond donors (Lipinski definition) is 2. The summed E-state index contributed by atoms with van der Waals surface area (Å²) < 4.78 is 53.2. The minimum absolute atomic E-state index is 0.0465. The van der Waals surface area contributed by atoms with Gasteiger partial charge in [0.05, 0.1) is 29.9 Å². The fourth-order valence-corrected chi connectivity index (χ4v) is 3.94. The molecule has 0 saturated heterocycles. The summed E-state index contributed by atoms with van der Waals surface area (Å²) >= 11 is 5.98. The fraction of sp³-hybridized carbons (Fsp3) is 0.250. The van der Waals surface area contributed by atoms with Crippen molar-refractivity contribution in [2.24, 2.45) is 0 Å². The van der Waals surface area contributed by atoms with Crippen molar-refractivity contribution in [1.29, 1.82) is 0 Å². The first-order valence-electron chi connectivity index (χ1n) is 9.68. The zero-order valence-electron chi connectivity index (χ0n) is 17.7. The molecule has 0 aromatic carbocycles. The van der Waals surface area contributed by atoms with E-state index in [2.05, 4.69) is 25.6 Å². The molecule has 3 aromatic rings. The summed E-state index contributed by atoms with van der Waals surface area (Å²) in [5.41, 5.74) is -1.26. The highest BCUT2D eigenvalue weighted by Crippen LogP contribution is 2.25. The molecule has 0 radical (unpaired) electrons. The average Bonchev–Trinajstić information content (AvgIpc) is 2.80. The molecular weight excluding hydrogens is 494 g/mol. The van der Waals surface area contributed by atoms with E-state index in [1.54, 1.807) is 0 Å². The molecule has 0 atom stereocenters. The van der Waals surface area contributed by atoms with E-state index >= 15 is 0 Å². The van der Waals surface area contributed by atoms with Gasteiger partial charge < -0.3 is 10.6 Å². The molecule has 0 aliphatic heterocycles. The van der Waals surface area contributed by atoms with Crippen LogP contribution >= 0.6 is 11.6 Å². The first-order valence-corrected chi connectivity index (χ1v) is 11.9. The van der Waals surface area contributed by atoms with Gasteiger partial charge in [-0.2, -0.15) is 8.78 Å². The Labute approximate surface area is 198 Å². The van der Waals surface area contributed by atoms with E-state index in [9.17, 15) is 26.8 Å². The smallest absolute Gasteiger partial charge is 0.306 e. The largest absolute Gasteiger partial charge is 0.359 e. The van der Waals surface area contributed by atoms with Crippen LogP contribution in [0.15, 0.2) is 58.6 Å². The molecule has 3 aromatic heterocycles. The second kappa shape index (κ2) is 10.2. The number of alkyl halides is 2. The fourth-order valence-electron chi connectivity index (χ4n) is 2.88. The molecule has 0 spiro atoms. The van der Waals surface area contributed by atoms with Crippen molar-refractivity contribution in [3.8, 4) is 0 Å². The van der Waals surface area contributed by atoms with Crippen molar-refractivity contribution < 1.29 is 22.0 Å². The van der Waals surface area contributed by atoms with E-state index in [1.807, 2.05) is 0 Å². The molecule has 2 N–H and O–H groups in total. The predicted molar refractivity (Wildman–Crippen MR) is 119 cm³/mol. The number of pyridine rings is 2. The molecule has 0 bridgehead atoms. The Hall–Kier alpha value is -3.45. The first kappa shape index (κ1) is 25.2. The zero-order valence-corrected chi connectivity index (χ0v) is 19.3. The predicted octanol–water partition coefficient (Wildman–Crippen LogP) is 1.61. The monoisotopic (exact) mass is 512 g/mol. The third kappa shape index (κ3) is 6.11. The van der Waals surface area contributed by atoms with Gasteiger partial charge in [0.2, 0.25) is 5.91 Å². The summed E-state index contributed by atoms with van der Waals surface area (Å²) in [6.45, 7) is -1.75. The highest BCUT2D eigenvalue weighted by Gasteiger charge is 2.33. The summed E-state index contributed by atoms with van der Waals surface area (Å²) in [4.78, 5) is 36.3. The Kier molecular flexibility index (Phi) is 7.57. The minimum Gasteiger partial charge on any atom is -0.359 e. The van der Waals surface area contributed by atoms with Crippen LogP contribution in [-0.2, 0) is 33.6 Å². The van der Waals surface area contributed by atoms with Gasteiger partial charge in [0, 0.05) is 18.6 Å². The summed E-state index contributed by atoms with van der Waals surface area (Å²) in [7, 11) is -3.57. The van der Waals surface area contributed by atoms with Crippen molar-refractivity contribution in [2.45, 2.75) is 23.9 Å². The second-order valence-corrected chi connectivity index (χ2v) is 9.46. The average molecular weight is 513 g/mol. The topological polar surface area (TPSA) is 136 Å². The van der Waals surface area contributed by atoms with E-state index < -0.39 is 51.8 Å². The third-order valence-electron chi connectivity index (χ3n) is 4.53. The van der Waals surface area contributed by atoms with Crippen molar-refractivity contribution in [3.63, 3.8) is 0 Å². The molecule has 10 nitrogen and oxygen atoms in total. The number of sulfone groups is 1. The lowest BCUT2D eigenvalue weighted by molar-refractivity contribution is -0.121. The molecule has 0 saturated carbocycles. The molecule has 14 heteroatoms. The number of halogens is 3. The molecule has 180 valence electrons. The molecule has 0 aliphatic carbocycles. The van der Waals surface area contributed by atoms with Gasteiger partial charge in [-0.15, -0.1) is 0 Å². The number of carbonyl (C=O) groups excluding carboxylic acids is 1. The Morgan fingerprint density at radius 3 is 2.56 bits per heavy atom. The lowest BCUT2D eigenvalue weighted by atomic mass is 10.2. The summed E-state index contributed by atoms with van der Waals surface area (Å²) in [5, 5.41) is 4.53. The van der Waals surface area contributed by atoms with E-state index in [0.717, 1.165) is 23.1 Å². The third-order valence-corrected chi connectivity index (χ3v) is 6.00. The maximum atomic E-state index is 14.3. The van der Waals surface area contributed by atoms with E-state index in [-0.39, 0.29) is 22.3 Å². The summed E-state index contributed by atoms with van der Waals surface area (Å²) in [6, 6.07) is 6.85. The van der Waals surface area contributed by atoms with Crippen LogP contribution in [0.2, 0.25) is 5.15 Å². The lowest BCUT2D eigenvalue weighted by Gasteiger charge is -2.17. The van der Waals surface area contributed by atoms with Crippen molar-refractivity contribution in [2.75, 3.05) is 18.1 Å². The molecule has 0 aliphatic rings. The first-order chi connectivity index (χ1) is 16.0. The van der Waals surface area contributed by atoms with Crippen LogP contribution < -0.4 is 16.2 Å². The Morgan fingerprint density at radius 1 is 1.15 bits per heavy atom. The van der Waals surface area contributed by atoms with Crippen LogP contribution in [0.3, 0.4) is 0 Å². The molecule has 0 fully saturated rings. The second-order valence-electron chi connectivity index (χ2n) is 7.09. The highest BCUT2D eigenvalue weighted by atomic mass is 35.5. The molecule has 1 amide bonds. The van der Waals surface area contributed by atoms with Crippen LogP contribution in [0.5, 0.6) is 0 Å². The molecule has 3 heterocycles. The minimum atomic E-state index is -3.57. The number of rotatable bonds is 9. The van der Waals surface area contributed by atoms with E-state index in [4.69, 9.17) is 11.6 Å². The maximum absolute atomic E-state index is 14.3. The Morgan fingerprint density at radius 2 is 1.88 bits per heavy atom. The van der Waals surface area contributed by atoms with Gasteiger partial charge in [0.1, 0.15) is 17.4 Å². The lowest BCUT2D eigenvalue weighted by Crippen LogP contribution is -2.35. The van der Waals surface area contributed by atoms with Gasteiger partial charge >= 0.3 is 5.92 Å². The number of aromatic nitrogens is 4. The van der Waals surface area contributed by atoms with Crippen LogP contribution in [0.4, 0.5) is 14.6 Å². The number of nitrogens with one attached hydrogen (secondary N) is 2. The van der Waals surface area contributed by atoms with E-state index in [1.165, 1.54) is 36.7 Å². The quantitative estimate of drug-likeness (QED) is 0.441. The zero-order chi connectivity index (χ0) is 24.9. The Bertz CT molecular complexity index is 1350. The summed E-state index contributed by atoms with van der Waals surface area (Å²) in [5.74, 6) is -4.51. The van der Waals surface area contributed by atoms with Crippen LogP contribution in [0.1, 0.15) is 11.4 Å². The summed E-state index contributed by atoms with van der Waals surface area (Å²) in [6.07, 6.45) is 4.65. The molecule has 0 unspecified atom stereocenters. The standard InChI is InChI=1S/C20H19ClF2N6O4S/c1-34(32,33)14-5-4-8-24-13(14)9-26-17(30)11-29-16(21)10-27-18(19(29)31)28-12-20(22,23)15-6-2-3-7-25-15/h2-8,10H,9,11-12H2,1H3,(H,26,30)(H,27,28). The molecular formula is C20H19ClF2N6O4S. The van der Waals surface area contributed by atoms with Crippen LogP contribution in [-0.4, -0.2) is 46.6 Å². The number of carbonyl (C=O) groups is 1. The van der Waals surface area contributed by atoms with Crippen molar-refractivity contribution in [3.05, 3.63) is 75.8 Å². The van der Waals surface area contributed by atoms with Gasteiger partial charge in [-0.05, 0) is 24.3 Å². The number of anilines is 1. The molecule has 3 rings (SSSR count). The van der Waals surface area contributed by atoms with Gasteiger partial charge in [0.25, 0.3) is 5.56 Å². The number of hydrogen-bond acceptors (Lipinski definition) is 8. The normalized spacial score (nSPS) is 11.8. The van der Waals surface area contributed by atoms with Gasteiger partial charge in [-0.3, -0.25) is 24.1 Å². The van der Waals surface area contributed by atoms with Crippen LogP contribution in [0.25, 0.3) is 0 Å². The van der Waals surface area contributed by atoms with Crippen LogP contribution in [0, 0.1) is 0 Å². The SMILES string of the molecule is CS(=O)(=O)c1cccnc1CNC(=O)Cn1c(Cl)cnc(NCC(F)(F)c2ccccn2)c1=O. The van der Waals surface area contributed by atoms with E-state index in [0.29, 0.717) is 0 Å². The van der Waals surface area contributed by atoms with Gasteiger partial charge in [0.15, 0.2) is 15.7 Å². The van der Waals surface area contributed by atoms with Gasteiger partial charge in [-0.1, -0.05) is 17.7 Å². The van der Waals surface area contributed by atoms with Crippen molar-refractivity contribution >= 4 is 33.2 Å². The van der Waals surface area contributed by atoms with Crippen molar-refractivity contribution in [1.82, 2.24) is 24.8 Å². The number of amides is 1. The maximum Gasteiger partial charge on any atom is 0.306 e. The number of nitrogens with zero attached hydrogens (tertiary/aromatic N) is 4. The Balaban J connectivity index is 1.71.